The third-order valence-electron chi connectivity index (χ3n) is 5.99. The first kappa shape index (κ1) is 16.8. The van der Waals surface area contributed by atoms with Crippen LogP contribution in [0, 0.1) is 0 Å². The standard InChI is InChI=1S/C22H27N3O2/c1-2-5-19-18(4-1)17(16-23-19)8-9-24-10-12-25(13-11-24)20-6-3-7-21-22(20)27-15-14-26-21/h1-7,17,23H,8-16H2. The molecule has 1 fully saturated rings. The highest BCUT2D eigenvalue weighted by atomic mass is 16.6. The summed E-state index contributed by atoms with van der Waals surface area (Å²) in [4.78, 5) is 5.04. The lowest BCUT2D eigenvalue weighted by molar-refractivity contribution is 0.171. The lowest BCUT2D eigenvalue weighted by Gasteiger charge is -2.37. The van der Waals surface area contributed by atoms with Crippen molar-refractivity contribution >= 4 is 11.4 Å². The third kappa shape index (κ3) is 3.32. The van der Waals surface area contributed by atoms with Gasteiger partial charge in [-0.05, 0) is 36.7 Å². The van der Waals surface area contributed by atoms with Crippen LogP contribution in [0.15, 0.2) is 42.5 Å². The zero-order valence-electron chi connectivity index (χ0n) is 15.7. The average molecular weight is 365 g/mol. The van der Waals surface area contributed by atoms with Gasteiger partial charge in [-0.15, -0.1) is 0 Å². The van der Waals surface area contributed by atoms with E-state index in [0.29, 0.717) is 19.1 Å². The number of ether oxygens (including phenoxy) is 2. The minimum absolute atomic E-state index is 0.640. The number of nitrogens with zero attached hydrogens (tertiary/aromatic N) is 2. The zero-order valence-corrected chi connectivity index (χ0v) is 15.7. The molecule has 1 N–H and O–H groups in total. The van der Waals surface area contributed by atoms with Crippen LogP contribution in [0.25, 0.3) is 0 Å². The van der Waals surface area contributed by atoms with E-state index in [2.05, 4.69) is 51.5 Å². The van der Waals surface area contributed by atoms with Crippen molar-refractivity contribution in [3.63, 3.8) is 0 Å². The van der Waals surface area contributed by atoms with Gasteiger partial charge < -0.3 is 19.7 Å². The monoisotopic (exact) mass is 365 g/mol. The van der Waals surface area contributed by atoms with Crippen molar-refractivity contribution in [2.24, 2.45) is 0 Å². The van der Waals surface area contributed by atoms with Crippen LogP contribution in [0.3, 0.4) is 0 Å². The predicted octanol–water partition coefficient (Wildman–Crippen LogP) is 3.18. The number of benzene rings is 2. The molecule has 2 aromatic carbocycles. The molecule has 1 saturated heterocycles. The Hall–Kier alpha value is -2.40. The molecule has 5 nitrogen and oxygen atoms in total. The van der Waals surface area contributed by atoms with Gasteiger partial charge in [-0.1, -0.05) is 24.3 Å². The lowest BCUT2D eigenvalue weighted by atomic mass is 9.97. The maximum atomic E-state index is 5.90. The molecule has 1 unspecified atom stereocenters. The first-order valence-corrected chi connectivity index (χ1v) is 10.1. The number of nitrogens with one attached hydrogen (secondary N) is 1. The van der Waals surface area contributed by atoms with E-state index in [0.717, 1.165) is 44.2 Å². The summed E-state index contributed by atoms with van der Waals surface area (Å²) in [6, 6.07) is 15.0. The highest BCUT2D eigenvalue weighted by molar-refractivity contribution is 5.65. The van der Waals surface area contributed by atoms with Crippen LogP contribution < -0.4 is 19.7 Å². The van der Waals surface area contributed by atoms with Gasteiger partial charge in [0.05, 0.1) is 5.69 Å². The number of piperazine rings is 1. The summed E-state index contributed by atoms with van der Waals surface area (Å²) in [5, 5.41) is 3.54. The molecule has 0 amide bonds. The van der Waals surface area contributed by atoms with Crippen LogP contribution in [0.4, 0.5) is 11.4 Å². The van der Waals surface area contributed by atoms with Gasteiger partial charge in [-0.2, -0.15) is 0 Å². The number of para-hydroxylation sites is 2. The lowest BCUT2D eigenvalue weighted by Crippen LogP contribution is -2.47. The summed E-state index contributed by atoms with van der Waals surface area (Å²) < 4.78 is 11.6. The van der Waals surface area contributed by atoms with Crippen molar-refractivity contribution in [2.75, 3.05) is 62.7 Å². The van der Waals surface area contributed by atoms with E-state index in [1.807, 2.05) is 6.07 Å². The van der Waals surface area contributed by atoms with Crippen LogP contribution in [0.1, 0.15) is 17.9 Å². The third-order valence-corrected chi connectivity index (χ3v) is 5.99. The zero-order chi connectivity index (χ0) is 18.1. The molecule has 1 atom stereocenters. The number of rotatable bonds is 4. The molecule has 0 bridgehead atoms. The van der Waals surface area contributed by atoms with Crippen molar-refractivity contribution in [3.8, 4) is 11.5 Å². The second-order valence-electron chi connectivity index (χ2n) is 7.58. The molecule has 3 aliphatic heterocycles. The molecule has 3 heterocycles. The van der Waals surface area contributed by atoms with Crippen LogP contribution in [0.5, 0.6) is 11.5 Å². The fourth-order valence-corrected chi connectivity index (χ4v) is 4.47. The molecule has 5 heteroatoms. The van der Waals surface area contributed by atoms with E-state index in [1.165, 1.54) is 29.9 Å². The van der Waals surface area contributed by atoms with E-state index >= 15 is 0 Å². The number of anilines is 2. The van der Waals surface area contributed by atoms with Crippen LogP contribution in [0.2, 0.25) is 0 Å². The second-order valence-corrected chi connectivity index (χ2v) is 7.58. The molecule has 0 radical (unpaired) electrons. The largest absolute Gasteiger partial charge is 0.486 e. The van der Waals surface area contributed by atoms with E-state index in [1.54, 1.807) is 0 Å². The van der Waals surface area contributed by atoms with Gasteiger partial charge in [-0.25, -0.2) is 0 Å². The molecule has 0 aromatic heterocycles. The summed E-state index contributed by atoms with van der Waals surface area (Å²) in [5.41, 5.74) is 3.99. The molecular formula is C22H27N3O2. The highest BCUT2D eigenvalue weighted by Gasteiger charge is 2.25. The fraction of sp³-hybridized carbons (Fsp3) is 0.455. The van der Waals surface area contributed by atoms with Crippen LogP contribution in [-0.2, 0) is 0 Å². The predicted molar refractivity (Wildman–Crippen MR) is 108 cm³/mol. The van der Waals surface area contributed by atoms with E-state index in [4.69, 9.17) is 9.47 Å². The molecule has 27 heavy (non-hydrogen) atoms. The average Bonchev–Trinajstić information content (AvgIpc) is 3.15. The van der Waals surface area contributed by atoms with Crippen molar-refractivity contribution in [1.82, 2.24) is 4.90 Å². The van der Waals surface area contributed by atoms with Gasteiger partial charge in [0.15, 0.2) is 11.5 Å². The smallest absolute Gasteiger partial charge is 0.184 e. The Morgan fingerprint density at radius 3 is 2.70 bits per heavy atom. The van der Waals surface area contributed by atoms with Crippen LogP contribution >= 0.6 is 0 Å². The Labute approximate surface area is 160 Å². The second kappa shape index (κ2) is 7.31. The van der Waals surface area contributed by atoms with Gasteiger partial charge in [0.1, 0.15) is 13.2 Å². The molecule has 0 aliphatic carbocycles. The molecule has 3 aliphatic rings. The topological polar surface area (TPSA) is 37.0 Å². The van der Waals surface area contributed by atoms with Crippen molar-refractivity contribution in [2.45, 2.75) is 12.3 Å². The molecule has 2 aromatic rings. The Morgan fingerprint density at radius 2 is 1.78 bits per heavy atom. The quantitative estimate of drug-likeness (QED) is 0.901. The summed E-state index contributed by atoms with van der Waals surface area (Å²) in [6.07, 6.45) is 1.22. The summed E-state index contributed by atoms with van der Waals surface area (Å²) in [5.74, 6) is 2.45. The molecule has 0 spiro atoms. The first-order chi connectivity index (χ1) is 13.4. The number of hydrogen-bond donors (Lipinski definition) is 1. The van der Waals surface area contributed by atoms with E-state index in [-0.39, 0.29) is 0 Å². The summed E-state index contributed by atoms with van der Waals surface area (Å²) in [6.45, 7) is 7.81. The SMILES string of the molecule is c1ccc2c(c1)NCC2CCN1CCN(c2cccc3c2OCCO3)CC1. The Kier molecular flexibility index (Phi) is 4.54. The molecule has 0 saturated carbocycles. The molecule has 142 valence electrons. The fourth-order valence-electron chi connectivity index (χ4n) is 4.47. The number of hydrogen-bond acceptors (Lipinski definition) is 5. The minimum atomic E-state index is 0.640. The maximum absolute atomic E-state index is 5.90. The van der Waals surface area contributed by atoms with Crippen molar-refractivity contribution in [1.29, 1.82) is 0 Å². The summed E-state index contributed by atoms with van der Waals surface area (Å²) in [7, 11) is 0. The molecule has 5 rings (SSSR count). The van der Waals surface area contributed by atoms with Gasteiger partial charge in [0, 0.05) is 44.3 Å². The highest BCUT2D eigenvalue weighted by Crippen LogP contribution is 2.40. The van der Waals surface area contributed by atoms with Crippen molar-refractivity contribution < 1.29 is 9.47 Å². The van der Waals surface area contributed by atoms with Crippen molar-refractivity contribution in [3.05, 3.63) is 48.0 Å². The maximum Gasteiger partial charge on any atom is 0.184 e. The van der Waals surface area contributed by atoms with E-state index in [9.17, 15) is 0 Å². The first-order valence-electron chi connectivity index (χ1n) is 10.1. The molecular weight excluding hydrogens is 338 g/mol. The summed E-state index contributed by atoms with van der Waals surface area (Å²) >= 11 is 0. The van der Waals surface area contributed by atoms with Gasteiger partial charge in [0.2, 0.25) is 0 Å². The van der Waals surface area contributed by atoms with Crippen LogP contribution in [-0.4, -0.2) is 57.4 Å². The van der Waals surface area contributed by atoms with E-state index < -0.39 is 0 Å². The van der Waals surface area contributed by atoms with Gasteiger partial charge in [-0.3, -0.25) is 4.90 Å². The number of fused-ring (bicyclic) bond motifs is 2. The Morgan fingerprint density at radius 1 is 0.926 bits per heavy atom. The Balaban J connectivity index is 1.17. The Bertz CT molecular complexity index is 802. The minimum Gasteiger partial charge on any atom is -0.486 e. The van der Waals surface area contributed by atoms with Gasteiger partial charge in [0.25, 0.3) is 0 Å². The normalized spacial score (nSPS) is 21.6. The van der Waals surface area contributed by atoms with Gasteiger partial charge >= 0.3 is 0 Å².